The fraction of sp³-hybridized carbons (Fsp3) is 0.381. The molecule has 3 unspecified atom stereocenters. The van der Waals surface area contributed by atoms with Gasteiger partial charge in [-0.05, 0) is 48.2 Å². The molecule has 0 radical (unpaired) electrons. The normalized spacial score (nSPS) is 19.4. The van der Waals surface area contributed by atoms with Gasteiger partial charge in [0.25, 0.3) is 0 Å². The van der Waals surface area contributed by atoms with E-state index < -0.39 is 17.8 Å². The number of carbonyl (C=O) groups excluding carboxylic acids is 1. The van der Waals surface area contributed by atoms with Gasteiger partial charge >= 0.3 is 6.18 Å². The van der Waals surface area contributed by atoms with E-state index >= 15 is 0 Å². The Morgan fingerprint density at radius 1 is 1.17 bits per heavy atom. The number of ether oxygens (including phenoxy) is 2. The van der Waals surface area contributed by atoms with E-state index in [-0.39, 0.29) is 24.3 Å². The lowest BCUT2D eigenvalue weighted by atomic mass is 10.1. The molecule has 1 amide bonds. The first-order valence-corrected chi connectivity index (χ1v) is 9.09. The zero-order valence-electron chi connectivity index (χ0n) is 16.0. The summed E-state index contributed by atoms with van der Waals surface area (Å²) in [5.41, 5.74) is 0.480. The molecule has 0 aromatic heterocycles. The highest BCUT2D eigenvalue weighted by atomic mass is 19.4. The molecule has 8 heteroatoms. The van der Waals surface area contributed by atoms with Gasteiger partial charge < -0.3 is 19.9 Å². The van der Waals surface area contributed by atoms with Crippen LogP contribution >= 0.6 is 0 Å². The average molecular weight is 409 g/mol. The summed E-state index contributed by atoms with van der Waals surface area (Å²) in [6.07, 6.45) is -4.81. The van der Waals surface area contributed by atoms with Crippen LogP contribution in [0.3, 0.4) is 0 Å². The Morgan fingerprint density at radius 2 is 1.86 bits per heavy atom. The molecular weight excluding hydrogens is 387 g/mol. The van der Waals surface area contributed by atoms with Crippen molar-refractivity contribution in [2.45, 2.75) is 24.6 Å². The van der Waals surface area contributed by atoms with Crippen LogP contribution in [0.2, 0.25) is 0 Å². The number of hydrogen-bond acceptors (Lipinski definition) is 4. The molecule has 1 aliphatic rings. The zero-order chi connectivity index (χ0) is 21.2. The lowest BCUT2D eigenvalue weighted by Gasteiger charge is -2.16. The summed E-state index contributed by atoms with van der Waals surface area (Å²) in [6, 6.07) is 9.89. The largest absolute Gasteiger partial charge is 0.497 e. The summed E-state index contributed by atoms with van der Waals surface area (Å²) in [5, 5.41) is 13.1. The second kappa shape index (κ2) is 8.32. The highest BCUT2D eigenvalue weighted by Gasteiger charge is 2.44. The number of benzene rings is 2. The van der Waals surface area contributed by atoms with Gasteiger partial charge in [-0.3, -0.25) is 4.79 Å². The molecule has 3 atom stereocenters. The SMILES string of the molecule is COc1ccc(OC)c(C(O)CNC(=O)C2CC2c2ccc(C(F)(F)F)cc2)c1. The molecule has 3 rings (SSSR count). The highest BCUT2D eigenvalue weighted by molar-refractivity contribution is 5.83. The van der Waals surface area contributed by atoms with E-state index in [9.17, 15) is 23.1 Å². The molecule has 2 aromatic rings. The molecule has 0 spiro atoms. The first-order valence-electron chi connectivity index (χ1n) is 9.09. The van der Waals surface area contributed by atoms with E-state index in [4.69, 9.17) is 9.47 Å². The Kier molecular flexibility index (Phi) is 6.02. The second-order valence-electron chi connectivity index (χ2n) is 6.94. The van der Waals surface area contributed by atoms with Crippen molar-refractivity contribution in [3.05, 3.63) is 59.2 Å². The zero-order valence-corrected chi connectivity index (χ0v) is 16.0. The Balaban J connectivity index is 1.57. The number of amides is 1. The minimum absolute atomic E-state index is 0.0153. The highest BCUT2D eigenvalue weighted by Crippen LogP contribution is 2.48. The first kappa shape index (κ1) is 21.0. The number of hydrogen-bond donors (Lipinski definition) is 2. The van der Waals surface area contributed by atoms with Gasteiger partial charge in [-0.15, -0.1) is 0 Å². The van der Waals surface area contributed by atoms with Gasteiger partial charge in [0.15, 0.2) is 0 Å². The molecule has 5 nitrogen and oxygen atoms in total. The summed E-state index contributed by atoms with van der Waals surface area (Å²) in [6.45, 7) is -0.0153. The van der Waals surface area contributed by atoms with E-state index in [2.05, 4.69) is 5.32 Å². The van der Waals surface area contributed by atoms with Gasteiger partial charge in [-0.2, -0.15) is 13.2 Å². The van der Waals surface area contributed by atoms with Crippen LogP contribution in [-0.2, 0) is 11.0 Å². The van der Waals surface area contributed by atoms with Crippen LogP contribution in [-0.4, -0.2) is 31.8 Å². The first-order chi connectivity index (χ1) is 13.7. The average Bonchev–Trinajstić information content (AvgIpc) is 3.51. The van der Waals surface area contributed by atoms with Gasteiger partial charge in [0, 0.05) is 18.0 Å². The molecule has 2 N–H and O–H groups in total. The quantitative estimate of drug-likeness (QED) is 0.732. The van der Waals surface area contributed by atoms with E-state index in [0.717, 1.165) is 12.1 Å². The fourth-order valence-electron chi connectivity index (χ4n) is 3.31. The number of aliphatic hydroxyl groups excluding tert-OH is 1. The molecule has 156 valence electrons. The maximum atomic E-state index is 12.7. The molecule has 0 aliphatic heterocycles. The third-order valence-corrected chi connectivity index (χ3v) is 5.06. The van der Waals surface area contributed by atoms with Crippen LogP contribution in [0.4, 0.5) is 13.2 Å². The Hall–Kier alpha value is -2.74. The lowest BCUT2D eigenvalue weighted by molar-refractivity contribution is -0.137. The Labute approximate surface area is 166 Å². The summed E-state index contributed by atoms with van der Waals surface area (Å²) in [5.74, 6) is 0.361. The van der Waals surface area contributed by atoms with Crippen LogP contribution in [0.25, 0.3) is 0 Å². The molecular formula is C21H22F3NO4. The lowest BCUT2D eigenvalue weighted by Crippen LogP contribution is -2.30. The minimum atomic E-state index is -4.38. The van der Waals surface area contributed by atoms with Crippen molar-refractivity contribution in [3.63, 3.8) is 0 Å². The van der Waals surface area contributed by atoms with E-state index in [1.165, 1.54) is 26.4 Å². The summed E-state index contributed by atoms with van der Waals surface area (Å²) in [4.78, 5) is 12.4. The van der Waals surface area contributed by atoms with E-state index in [1.54, 1.807) is 18.2 Å². The van der Waals surface area contributed by atoms with Crippen molar-refractivity contribution in [1.29, 1.82) is 0 Å². The third kappa shape index (κ3) is 4.82. The fourth-order valence-corrected chi connectivity index (χ4v) is 3.31. The number of methoxy groups -OCH3 is 2. The minimum Gasteiger partial charge on any atom is -0.497 e. The van der Waals surface area contributed by atoms with Crippen LogP contribution in [0.1, 0.15) is 35.1 Å². The Morgan fingerprint density at radius 3 is 2.45 bits per heavy atom. The van der Waals surface area contributed by atoms with Crippen molar-refractivity contribution in [3.8, 4) is 11.5 Å². The van der Waals surface area contributed by atoms with Gasteiger partial charge in [0.2, 0.25) is 5.91 Å². The molecule has 2 aromatic carbocycles. The predicted octanol–water partition coefficient (Wildman–Crippen LogP) is 3.68. The monoisotopic (exact) mass is 409 g/mol. The number of carbonyl (C=O) groups is 1. The third-order valence-electron chi connectivity index (χ3n) is 5.06. The molecule has 1 aliphatic carbocycles. The molecule has 0 bridgehead atoms. The van der Waals surface area contributed by atoms with Crippen LogP contribution in [0, 0.1) is 5.92 Å². The van der Waals surface area contributed by atoms with Crippen molar-refractivity contribution in [1.82, 2.24) is 5.32 Å². The predicted molar refractivity (Wildman–Crippen MR) is 99.8 cm³/mol. The van der Waals surface area contributed by atoms with Crippen LogP contribution < -0.4 is 14.8 Å². The van der Waals surface area contributed by atoms with Gasteiger partial charge in [-0.25, -0.2) is 0 Å². The van der Waals surface area contributed by atoms with Crippen LogP contribution in [0.5, 0.6) is 11.5 Å². The molecule has 0 saturated heterocycles. The van der Waals surface area contributed by atoms with Gasteiger partial charge in [0.05, 0.1) is 25.9 Å². The summed E-state index contributed by atoms with van der Waals surface area (Å²) < 4.78 is 48.3. The summed E-state index contributed by atoms with van der Waals surface area (Å²) >= 11 is 0. The smallest absolute Gasteiger partial charge is 0.416 e. The van der Waals surface area contributed by atoms with E-state index in [0.29, 0.717) is 29.0 Å². The van der Waals surface area contributed by atoms with Crippen molar-refractivity contribution < 1.29 is 32.5 Å². The Bertz CT molecular complexity index is 867. The standard InChI is InChI=1S/C21H22F3NO4/c1-28-14-7-8-19(29-2)17(9-14)18(26)11-25-20(27)16-10-15(16)12-3-5-13(6-4-12)21(22,23)24/h3-9,15-16,18,26H,10-11H2,1-2H3,(H,25,27). The maximum absolute atomic E-state index is 12.7. The van der Waals surface area contributed by atoms with Crippen molar-refractivity contribution in [2.75, 3.05) is 20.8 Å². The number of aliphatic hydroxyl groups is 1. The van der Waals surface area contributed by atoms with Crippen LogP contribution in [0.15, 0.2) is 42.5 Å². The van der Waals surface area contributed by atoms with Gasteiger partial charge in [-0.1, -0.05) is 12.1 Å². The topological polar surface area (TPSA) is 67.8 Å². The number of nitrogens with one attached hydrogen (secondary N) is 1. The molecule has 1 fully saturated rings. The maximum Gasteiger partial charge on any atom is 0.416 e. The van der Waals surface area contributed by atoms with Crippen molar-refractivity contribution in [2.24, 2.45) is 5.92 Å². The summed E-state index contributed by atoms with van der Waals surface area (Å²) in [7, 11) is 2.99. The number of alkyl halides is 3. The van der Waals surface area contributed by atoms with E-state index in [1.807, 2.05) is 0 Å². The molecule has 1 saturated carbocycles. The van der Waals surface area contributed by atoms with Gasteiger partial charge in [0.1, 0.15) is 11.5 Å². The number of rotatable bonds is 7. The number of halogens is 3. The molecule has 0 heterocycles. The molecule has 29 heavy (non-hydrogen) atoms. The second-order valence-corrected chi connectivity index (χ2v) is 6.94. The van der Waals surface area contributed by atoms with Crippen molar-refractivity contribution >= 4 is 5.91 Å².